The second kappa shape index (κ2) is 22.7. The second-order valence-electron chi connectivity index (χ2n) is 15.8. The van der Waals surface area contributed by atoms with Gasteiger partial charge < -0.3 is 42.6 Å². The normalized spacial score (nSPS) is 24.0. The Kier molecular flexibility index (Phi) is 16.6. The lowest BCUT2D eigenvalue weighted by atomic mass is 9.96. The predicted molar refractivity (Wildman–Crippen MR) is 236 cm³/mol. The van der Waals surface area contributed by atoms with Crippen LogP contribution in [-0.4, -0.2) is 68.4 Å². The third kappa shape index (κ3) is 13.3. The molecule has 8 atom stereocenters. The summed E-state index contributed by atoms with van der Waals surface area (Å²) >= 11 is 1.64. The largest absolute Gasteiger partial charge is 0.490 e. The van der Waals surface area contributed by atoms with E-state index in [2.05, 4.69) is 30.8 Å². The molecule has 0 N–H and O–H groups in total. The van der Waals surface area contributed by atoms with Gasteiger partial charge in [-0.25, -0.2) is 0 Å². The Labute approximate surface area is 365 Å². The molecule has 0 saturated carbocycles. The maximum Gasteiger partial charge on any atom is 0.186 e. The van der Waals surface area contributed by atoms with Crippen molar-refractivity contribution >= 4 is 11.8 Å². The first kappa shape index (κ1) is 44.7. The fraction of sp³-hybridized carbons (Fsp3) is 0.373. The van der Waals surface area contributed by atoms with Crippen LogP contribution in [0.1, 0.15) is 42.5 Å². The summed E-state index contributed by atoms with van der Waals surface area (Å²) < 4.78 is 59.3. The molecular formula is C51H58O9S. The van der Waals surface area contributed by atoms with Crippen molar-refractivity contribution in [3.8, 4) is 0 Å². The van der Waals surface area contributed by atoms with Crippen molar-refractivity contribution in [1.29, 1.82) is 0 Å². The lowest BCUT2D eigenvalue weighted by Crippen LogP contribution is -2.61. The summed E-state index contributed by atoms with van der Waals surface area (Å²) in [5.41, 5.74) is 3.84. The Morgan fingerprint density at radius 2 is 1.11 bits per heavy atom. The Morgan fingerprint density at radius 1 is 0.623 bits per heavy atom. The topological polar surface area (TPSA) is 83.1 Å². The van der Waals surface area contributed by atoms with E-state index in [0.29, 0.717) is 45.2 Å². The van der Waals surface area contributed by atoms with Crippen LogP contribution >= 0.6 is 11.8 Å². The molecule has 10 heteroatoms. The van der Waals surface area contributed by atoms with Crippen molar-refractivity contribution in [1.82, 2.24) is 0 Å². The van der Waals surface area contributed by atoms with Crippen molar-refractivity contribution in [2.24, 2.45) is 5.92 Å². The molecule has 7 rings (SSSR count). The molecule has 1 unspecified atom stereocenters. The molecule has 2 aliphatic heterocycles. The number of thioether (sulfide) groups is 1. The molecule has 0 aromatic heterocycles. The first-order valence-corrected chi connectivity index (χ1v) is 21.9. The van der Waals surface area contributed by atoms with Crippen molar-refractivity contribution in [3.05, 3.63) is 186 Å². The minimum atomic E-state index is -0.815. The van der Waals surface area contributed by atoms with Crippen LogP contribution in [0.15, 0.2) is 169 Å². The van der Waals surface area contributed by atoms with Gasteiger partial charge in [-0.15, -0.1) is 0 Å². The predicted octanol–water partition coefficient (Wildman–Crippen LogP) is 10.1. The number of rotatable bonds is 22. The van der Waals surface area contributed by atoms with Gasteiger partial charge in [-0.1, -0.05) is 158 Å². The van der Waals surface area contributed by atoms with Gasteiger partial charge in [-0.2, -0.15) is 0 Å². The molecule has 0 bridgehead atoms. The number of benzene rings is 5. The standard InChI is InChI=1S/C51H58O9S/c1-37(30-42(35-53-31-38-20-10-5-11-21-38)45-50(60-51(2,3)59-45)61-43-28-18-9-19-29-43)57-46-44(36-54-32-39-22-12-6-13-23-39)58-49(52-4)48(56-34-41-26-16-8-17-27-41)47(46)55-33-40-24-14-7-15-25-40/h5-29,42,44-50H,1,30-36H2,2-4H3/t42-,44-,45+,46-,47+,48-,49+,50?/m1/s1. The summed E-state index contributed by atoms with van der Waals surface area (Å²) in [5.74, 6) is -0.487. The third-order valence-corrected chi connectivity index (χ3v) is 11.7. The van der Waals surface area contributed by atoms with Gasteiger partial charge in [0.2, 0.25) is 0 Å². The number of hydrogen-bond donors (Lipinski definition) is 0. The molecule has 5 aromatic rings. The van der Waals surface area contributed by atoms with Crippen molar-refractivity contribution in [2.75, 3.05) is 20.3 Å². The van der Waals surface area contributed by atoms with Crippen LogP contribution < -0.4 is 0 Å². The molecule has 9 nitrogen and oxygen atoms in total. The van der Waals surface area contributed by atoms with Crippen molar-refractivity contribution < 1.29 is 42.6 Å². The summed E-state index contributed by atoms with van der Waals surface area (Å²) in [6.07, 6.45) is -3.34. The lowest BCUT2D eigenvalue weighted by Gasteiger charge is -2.45. The molecule has 0 radical (unpaired) electrons. The monoisotopic (exact) mass is 846 g/mol. The quantitative estimate of drug-likeness (QED) is 0.0628. The first-order valence-electron chi connectivity index (χ1n) is 21.0. The molecule has 2 fully saturated rings. The Bertz CT molecular complexity index is 2010. The van der Waals surface area contributed by atoms with Gasteiger partial charge >= 0.3 is 0 Å². The van der Waals surface area contributed by atoms with Crippen LogP contribution in [-0.2, 0) is 69.1 Å². The molecule has 0 spiro atoms. The smallest absolute Gasteiger partial charge is 0.186 e. The zero-order valence-corrected chi connectivity index (χ0v) is 36.1. The number of hydrogen-bond acceptors (Lipinski definition) is 10. The van der Waals surface area contributed by atoms with Crippen LogP contribution in [0, 0.1) is 5.92 Å². The molecule has 2 saturated heterocycles. The number of allylic oxidation sites excluding steroid dienone is 1. The fourth-order valence-corrected chi connectivity index (χ4v) is 8.89. The van der Waals surface area contributed by atoms with Crippen LogP contribution in [0.5, 0.6) is 0 Å². The summed E-state index contributed by atoms with van der Waals surface area (Å²) in [6, 6.07) is 50.5. The average Bonchev–Trinajstić information content (AvgIpc) is 3.60. The zero-order chi connectivity index (χ0) is 42.3. The van der Waals surface area contributed by atoms with Gasteiger partial charge in [0.15, 0.2) is 18.2 Å². The first-order chi connectivity index (χ1) is 29.8. The van der Waals surface area contributed by atoms with E-state index < -0.39 is 36.5 Å². The third-order valence-electron chi connectivity index (χ3n) is 10.6. The zero-order valence-electron chi connectivity index (χ0n) is 35.3. The van der Waals surface area contributed by atoms with Crippen molar-refractivity contribution in [3.63, 3.8) is 0 Å². The highest BCUT2D eigenvalue weighted by Crippen LogP contribution is 2.43. The SMILES string of the molecule is C=C(C[C@H](COCc1ccccc1)[C@@H]1OC(C)(C)OC1Sc1ccccc1)O[C@H]1[C@H](OCc2ccccc2)[C@@H](OCc2ccccc2)[C@@H](OC)O[C@@H]1COCc1ccccc1. The van der Waals surface area contributed by atoms with E-state index in [4.69, 9.17) is 42.6 Å². The highest BCUT2D eigenvalue weighted by Gasteiger charge is 2.50. The number of ether oxygens (including phenoxy) is 9. The van der Waals surface area contributed by atoms with Crippen molar-refractivity contribution in [2.45, 2.75) is 99.6 Å². The van der Waals surface area contributed by atoms with Crippen LogP contribution in [0.4, 0.5) is 0 Å². The maximum absolute atomic E-state index is 7.02. The lowest BCUT2D eigenvalue weighted by molar-refractivity contribution is -0.318. The molecule has 2 heterocycles. The van der Waals surface area contributed by atoms with E-state index in [1.54, 1.807) is 18.9 Å². The molecule has 5 aromatic carbocycles. The average molecular weight is 847 g/mol. The molecule has 322 valence electrons. The van der Waals surface area contributed by atoms with Gasteiger partial charge in [-0.3, -0.25) is 0 Å². The molecular weight excluding hydrogens is 789 g/mol. The Hall–Kier alpha value is -4.33. The molecule has 0 aliphatic carbocycles. The Balaban J connectivity index is 1.16. The highest BCUT2D eigenvalue weighted by atomic mass is 32.2. The minimum absolute atomic E-state index is 0.197. The van der Waals surface area contributed by atoms with Crippen LogP contribution in [0.25, 0.3) is 0 Å². The minimum Gasteiger partial charge on any atom is -0.490 e. The summed E-state index contributed by atoms with van der Waals surface area (Å²) in [5, 5.41) is 0. The summed E-state index contributed by atoms with van der Waals surface area (Å²) in [7, 11) is 1.62. The molecule has 61 heavy (non-hydrogen) atoms. The fourth-order valence-electron chi connectivity index (χ4n) is 7.62. The van der Waals surface area contributed by atoms with Gasteiger partial charge in [0.1, 0.15) is 29.9 Å². The molecule has 2 aliphatic rings. The number of methoxy groups -OCH3 is 1. The van der Waals surface area contributed by atoms with E-state index in [1.165, 1.54) is 0 Å². The molecule has 0 amide bonds. The van der Waals surface area contributed by atoms with E-state index in [0.717, 1.165) is 27.1 Å². The van der Waals surface area contributed by atoms with E-state index in [1.807, 2.05) is 141 Å². The van der Waals surface area contributed by atoms with E-state index in [-0.39, 0.29) is 24.1 Å². The van der Waals surface area contributed by atoms with Crippen LogP contribution in [0.2, 0.25) is 0 Å². The summed E-state index contributed by atoms with van der Waals surface area (Å²) in [4.78, 5) is 1.09. The summed E-state index contributed by atoms with van der Waals surface area (Å²) in [6.45, 7) is 10.5. The van der Waals surface area contributed by atoms with Gasteiger partial charge in [0, 0.05) is 24.3 Å². The van der Waals surface area contributed by atoms with E-state index >= 15 is 0 Å². The van der Waals surface area contributed by atoms with Crippen LogP contribution in [0.3, 0.4) is 0 Å². The Morgan fingerprint density at radius 3 is 1.66 bits per heavy atom. The second-order valence-corrected chi connectivity index (χ2v) is 17.0. The van der Waals surface area contributed by atoms with E-state index in [9.17, 15) is 0 Å². The maximum atomic E-state index is 7.02. The highest BCUT2D eigenvalue weighted by molar-refractivity contribution is 7.99. The van der Waals surface area contributed by atoms with Gasteiger partial charge in [0.05, 0.1) is 45.4 Å². The van der Waals surface area contributed by atoms with Gasteiger partial charge in [0.25, 0.3) is 0 Å². The van der Waals surface area contributed by atoms with Gasteiger partial charge in [-0.05, 0) is 48.2 Å².